The molecule has 0 amide bonds. The van der Waals surface area contributed by atoms with E-state index in [1.807, 2.05) is 0 Å². The van der Waals surface area contributed by atoms with Gasteiger partial charge in [-0.2, -0.15) is 0 Å². The molecule has 0 atom stereocenters. The maximum atomic E-state index is 12.4. The number of hydrogen-bond donors (Lipinski definition) is 0. The van der Waals surface area contributed by atoms with Crippen LogP contribution < -0.4 is 4.74 Å². The third-order valence-electron chi connectivity index (χ3n) is 4.69. The topological polar surface area (TPSA) is 108 Å². The third kappa shape index (κ3) is 5.89. The number of nitrogens with zero attached hydrogens (tertiary/aromatic N) is 2. The Labute approximate surface area is 212 Å². The number of hydrogen-bond acceptors (Lipinski definition) is 7. The van der Waals surface area contributed by atoms with Gasteiger partial charge in [-0.15, -0.1) is 0 Å². The minimum atomic E-state index is -0.715. The van der Waals surface area contributed by atoms with Gasteiger partial charge in [0.15, 0.2) is 5.70 Å². The molecule has 0 radical (unpaired) electrons. The lowest BCUT2D eigenvalue weighted by Crippen LogP contribution is -2.06. The van der Waals surface area contributed by atoms with Crippen LogP contribution in [0.2, 0.25) is 5.02 Å². The van der Waals surface area contributed by atoms with Gasteiger partial charge in [0.05, 0.1) is 15.5 Å². The Balaban J connectivity index is 1.58. The van der Waals surface area contributed by atoms with E-state index >= 15 is 0 Å². The molecule has 0 fully saturated rings. The van der Waals surface area contributed by atoms with Crippen LogP contribution in [0.25, 0.3) is 12.2 Å². The molecule has 0 saturated heterocycles. The Morgan fingerprint density at radius 2 is 1.91 bits per heavy atom. The van der Waals surface area contributed by atoms with Gasteiger partial charge in [0.25, 0.3) is 5.69 Å². The molecule has 0 aromatic heterocycles. The fourth-order valence-electron chi connectivity index (χ4n) is 3.08. The molecule has 0 aliphatic carbocycles. The van der Waals surface area contributed by atoms with Crippen molar-refractivity contribution in [1.29, 1.82) is 0 Å². The van der Waals surface area contributed by atoms with Crippen molar-refractivity contribution in [2.75, 3.05) is 0 Å². The van der Waals surface area contributed by atoms with Crippen molar-refractivity contribution in [3.8, 4) is 5.75 Å². The van der Waals surface area contributed by atoms with Crippen molar-refractivity contribution in [3.05, 3.63) is 115 Å². The van der Waals surface area contributed by atoms with Gasteiger partial charge in [0, 0.05) is 28.2 Å². The van der Waals surface area contributed by atoms with Crippen molar-refractivity contribution in [2.24, 2.45) is 4.99 Å². The summed E-state index contributed by atoms with van der Waals surface area (Å²) in [6, 6.07) is 17.5. The van der Waals surface area contributed by atoms with Crippen LogP contribution in [-0.4, -0.2) is 22.8 Å². The van der Waals surface area contributed by atoms with Crippen molar-refractivity contribution < 1.29 is 24.0 Å². The second-order valence-electron chi connectivity index (χ2n) is 7.10. The van der Waals surface area contributed by atoms with E-state index in [0.717, 1.165) is 6.08 Å². The Bertz CT molecular complexity index is 1450. The number of benzene rings is 3. The highest BCUT2D eigenvalue weighted by molar-refractivity contribution is 9.10. The monoisotopic (exact) mass is 552 g/mol. The molecule has 0 saturated carbocycles. The predicted octanol–water partition coefficient (Wildman–Crippen LogP) is 5.97. The summed E-state index contributed by atoms with van der Waals surface area (Å²) in [5.74, 6) is -1.15. The highest BCUT2D eigenvalue weighted by atomic mass is 79.9. The van der Waals surface area contributed by atoms with E-state index < -0.39 is 16.9 Å². The number of esters is 2. The van der Waals surface area contributed by atoms with Gasteiger partial charge in [-0.1, -0.05) is 51.8 Å². The first-order valence-electron chi connectivity index (χ1n) is 10.0. The lowest BCUT2D eigenvalue weighted by Gasteiger charge is -2.06. The maximum Gasteiger partial charge on any atom is 0.363 e. The molecule has 8 nitrogen and oxygen atoms in total. The van der Waals surface area contributed by atoms with Crippen molar-refractivity contribution >= 4 is 63.2 Å². The van der Waals surface area contributed by atoms with Crippen LogP contribution >= 0.6 is 27.5 Å². The number of aliphatic imine (C=N–C) groups is 1. The fraction of sp³-hybridized carbons (Fsp3) is 0. The SMILES string of the molecule is O=C(/C=C/c1cccc([N+](=O)[O-])c1)Oc1ccc(Br)cc1/C=C1\N=C(c2ccccc2Cl)OC1=O. The van der Waals surface area contributed by atoms with Gasteiger partial charge >= 0.3 is 11.9 Å². The summed E-state index contributed by atoms with van der Waals surface area (Å²) in [5, 5.41) is 11.3. The van der Waals surface area contributed by atoms with Crippen LogP contribution in [0.15, 0.2) is 88.0 Å². The van der Waals surface area contributed by atoms with E-state index in [-0.39, 0.29) is 23.0 Å². The summed E-state index contributed by atoms with van der Waals surface area (Å²) < 4.78 is 11.4. The Morgan fingerprint density at radius 1 is 1.11 bits per heavy atom. The largest absolute Gasteiger partial charge is 0.423 e. The number of cyclic esters (lactones) is 1. The number of ether oxygens (including phenoxy) is 2. The first kappa shape index (κ1) is 24.1. The number of nitro benzene ring substituents is 1. The summed E-state index contributed by atoms with van der Waals surface area (Å²) in [4.78, 5) is 39.4. The molecule has 3 aromatic rings. The molecule has 4 rings (SSSR count). The average molecular weight is 554 g/mol. The van der Waals surface area contributed by atoms with E-state index in [1.165, 1.54) is 30.4 Å². The van der Waals surface area contributed by atoms with Crippen LogP contribution in [0.1, 0.15) is 16.7 Å². The smallest absolute Gasteiger partial charge is 0.363 e. The van der Waals surface area contributed by atoms with Gasteiger partial charge in [0.1, 0.15) is 5.75 Å². The molecule has 0 unspecified atom stereocenters. The van der Waals surface area contributed by atoms with E-state index in [9.17, 15) is 19.7 Å². The van der Waals surface area contributed by atoms with Crippen LogP contribution in [0, 0.1) is 10.1 Å². The zero-order valence-corrected chi connectivity index (χ0v) is 20.0. The molecule has 3 aromatic carbocycles. The molecule has 174 valence electrons. The molecular weight excluding hydrogens is 540 g/mol. The second-order valence-corrected chi connectivity index (χ2v) is 8.43. The quantitative estimate of drug-likeness (QED) is 0.122. The van der Waals surface area contributed by atoms with Crippen molar-refractivity contribution in [2.45, 2.75) is 0 Å². The molecule has 1 aliphatic rings. The second kappa shape index (κ2) is 10.5. The number of rotatable bonds is 6. The molecule has 0 N–H and O–H groups in total. The van der Waals surface area contributed by atoms with Gasteiger partial charge in [0.2, 0.25) is 5.90 Å². The lowest BCUT2D eigenvalue weighted by molar-refractivity contribution is -0.384. The first-order valence-corrected chi connectivity index (χ1v) is 11.2. The number of carbonyl (C=O) groups is 2. The molecular formula is C25H14BrClN2O6. The molecule has 0 bridgehead atoms. The Hall–Kier alpha value is -4.08. The number of non-ortho nitro benzene ring substituents is 1. The first-order chi connectivity index (χ1) is 16.8. The van der Waals surface area contributed by atoms with Crippen molar-refractivity contribution in [1.82, 2.24) is 0 Å². The minimum absolute atomic E-state index is 0.00227. The van der Waals surface area contributed by atoms with Crippen LogP contribution in [-0.2, 0) is 14.3 Å². The molecule has 0 spiro atoms. The van der Waals surface area contributed by atoms with Gasteiger partial charge in [-0.05, 0) is 48.0 Å². The van der Waals surface area contributed by atoms with Gasteiger partial charge in [-0.3, -0.25) is 10.1 Å². The third-order valence-corrected chi connectivity index (χ3v) is 5.52. The minimum Gasteiger partial charge on any atom is -0.423 e. The van der Waals surface area contributed by atoms with E-state index in [2.05, 4.69) is 20.9 Å². The summed E-state index contributed by atoms with van der Waals surface area (Å²) >= 11 is 9.52. The molecule has 1 heterocycles. The summed E-state index contributed by atoms with van der Waals surface area (Å²) in [7, 11) is 0. The van der Waals surface area contributed by atoms with E-state index in [0.29, 0.717) is 26.2 Å². The molecule has 35 heavy (non-hydrogen) atoms. The maximum absolute atomic E-state index is 12.4. The van der Waals surface area contributed by atoms with Crippen molar-refractivity contribution in [3.63, 3.8) is 0 Å². The fourth-order valence-corrected chi connectivity index (χ4v) is 3.68. The highest BCUT2D eigenvalue weighted by Gasteiger charge is 2.26. The lowest BCUT2D eigenvalue weighted by atomic mass is 10.1. The van der Waals surface area contributed by atoms with Gasteiger partial charge in [-0.25, -0.2) is 14.6 Å². The number of nitro groups is 1. The summed E-state index contributed by atoms with van der Waals surface area (Å²) in [5.41, 5.74) is 1.24. The summed E-state index contributed by atoms with van der Waals surface area (Å²) in [6.07, 6.45) is 3.99. The predicted molar refractivity (Wildman–Crippen MR) is 134 cm³/mol. The number of halogens is 2. The van der Waals surface area contributed by atoms with Crippen LogP contribution in [0.3, 0.4) is 0 Å². The Kier molecular flexibility index (Phi) is 7.19. The van der Waals surface area contributed by atoms with E-state index in [1.54, 1.807) is 48.5 Å². The van der Waals surface area contributed by atoms with Crippen LogP contribution in [0.5, 0.6) is 5.75 Å². The van der Waals surface area contributed by atoms with Crippen LogP contribution in [0.4, 0.5) is 5.69 Å². The zero-order valence-electron chi connectivity index (χ0n) is 17.7. The highest BCUT2D eigenvalue weighted by Crippen LogP contribution is 2.29. The standard InChI is InChI=1S/C25H14BrClN2O6/c26-17-9-10-22(34-23(30)11-8-15-4-3-5-18(12-15)29(32)33)16(13-17)14-21-25(31)35-24(28-21)19-6-1-2-7-20(19)27/h1-14H/b11-8+,21-14-. The summed E-state index contributed by atoms with van der Waals surface area (Å²) in [6.45, 7) is 0. The zero-order chi connectivity index (χ0) is 24.9. The number of carbonyl (C=O) groups excluding carboxylic acids is 2. The Morgan fingerprint density at radius 3 is 2.69 bits per heavy atom. The molecule has 10 heteroatoms. The van der Waals surface area contributed by atoms with Gasteiger partial charge < -0.3 is 9.47 Å². The average Bonchev–Trinajstić information content (AvgIpc) is 3.19. The molecule has 1 aliphatic heterocycles. The normalized spacial score (nSPS) is 14.2. The van der Waals surface area contributed by atoms with E-state index in [4.69, 9.17) is 21.1 Å².